The zero-order chi connectivity index (χ0) is 16.7. The maximum atomic E-state index is 12.4. The molecular weight excluding hydrogens is 306 g/mol. The fourth-order valence-electron chi connectivity index (χ4n) is 2.71. The molecule has 1 fully saturated rings. The highest BCUT2D eigenvalue weighted by atomic mass is 16.5. The molecule has 1 amide bonds. The van der Waals surface area contributed by atoms with Crippen LogP contribution in [0, 0.1) is 12.8 Å². The van der Waals surface area contributed by atoms with Crippen LogP contribution in [0.1, 0.15) is 28.9 Å². The first-order valence-electron chi connectivity index (χ1n) is 8.03. The average molecular weight is 325 g/mol. The Labute approximate surface area is 139 Å². The second-order valence-electron chi connectivity index (χ2n) is 6.24. The highest BCUT2D eigenvalue weighted by Crippen LogP contribution is 2.29. The van der Waals surface area contributed by atoms with Gasteiger partial charge in [0.15, 0.2) is 5.65 Å². The molecule has 2 aromatic heterocycles. The number of benzene rings is 1. The molecule has 2 heterocycles. The second-order valence-corrected chi connectivity index (χ2v) is 6.24. The predicted octanol–water partition coefficient (Wildman–Crippen LogP) is 2.65. The van der Waals surface area contributed by atoms with Crippen LogP contribution >= 0.6 is 0 Å². The summed E-state index contributed by atoms with van der Waals surface area (Å²) in [7, 11) is 1.82. The summed E-state index contributed by atoms with van der Waals surface area (Å²) in [4.78, 5) is 12.4. The zero-order valence-electron chi connectivity index (χ0n) is 13.7. The van der Waals surface area contributed by atoms with Gasteiger partial charge in [-0.3, -0.25) is 9.89 Å². The molecule has 1 aliphatic rings. The van der Waals surface area contributed by atoms with E-state index in [9.17, 15) is 4.79 Å². The summed E-state index contributed by atoms with van der Waals surface area (Å²) in [6.45, 7) is 2.65. The predicted molar refractivity (Wildman–Crippen MR) is 90.2 cm³/mol. The molecule has 124 valence electrons. The van der Waals surface area contributed by atoms with E-state index in [0.717, 1.165) is 23.4 Å². The molecule has 4 rings (SSSR count). The van der Waals surface area contributed by atoms with Gasteiger partial charge in [-0.05, 0) is 49.9 Å². The number of rotatable bonds is 5. The molecule has 3 aromatic rings. The Morgan fingerprint density at radius 3 is 2.83 bits per heavy atom. The van der Waals surface area contributed by atoms with Crippen LogP contribution in [0.2, 0.25) is 0 Å². The third-order valence-corrected chi connectivity index (χ3v) is 4.25. The van der Waals surface area contributed by atoms with Crippen molar-refractivity contribution in [2.24, 2.45) is 13.0 Å². The van der Waals surface area contributed by atoms with Gasteiger partial charge < -0.3 is 10.1 Å². The molecule has 1 aliphatic carbocycles. The van der Waals surface area contributed by atoms with Gasteiger partial charge in [-0.15, -0.1) is 0 Å². The molecule has 0 saturated heterocycles. The van der Waals surface area contributed by atoms with Crippen LogP contribution in [0.5, 0.6) is 5.75 Å². The van der Waals surface area contributed by atoms with Crippen molar-refractivity contribution in [3.05, 3.63) is 35.5 Å². The normalized spacial score (nSPS) is 14.1. The summed E-state index contributed by atoms with van der Waals surface area (Å²) in [5.41, 5.74) is 2.10. The molecule has 2 N–H and O–H groups in total. The van der Waals surface area contributed by atoms with Crippen molar-refractivity contribution >= 4 is 22.8 Å². The van der Waals surface area contributed by atoms with Gasteiger partial charge in [0.25, 0.3) is 5.91 Å². The number of nitrogens with one attached hydrogen (secondary N) is 2. The first-order valence-corrected chi connectivity index (χ1v) is 8.03. The molecule has 1 aromatic carbocycles. The van der Waals surface area contributed by atoms with Gasteiger partial charge in [-0.2, -0.15) is 10.2 Å². The standard InChI is InChI=1S/C17H19N5O2/c1-10-14-15(19-20-16(14)22(2)21-10)18-17(23)12-5-7-13(8-6-12)24-9-11-3-4-11/h5-8,11H,3-4,9H2,1-2H3,(H2,18,19,20,23). The fourth-order valence-corrected chi connectivity index (χ4v) is 2.71. The molecule has 0 atom stereocenters. The highest BCUT2D eigenvalue weighted by molar-refractivity contribution is 6.08. The number of nitrogens with zero attached hydrogens (tertiary/aromatic N) is 3. The third kappa shape index (κ3) is 2.73. The number of aromatic nitrogens is 4. The minimum Gasteiger partial charge on any atom is -0.493 e. The quantitative estimate of drug-likeness (QED) is 0.755. The van der Waals surface area contributed by atoms with Gasteiger partial charge >= 0.3 is 0 Å². The first kappa shape index (κ1) is 14.7. The third-order valence-electron chi connectivity index (χ3n) is 4.25. The molecule has 1 saturated carbocycles. The largest absolute Gasteiger partial charge is 0.493 e. The summed E-state index contributed by atoms with van der Waals surface area (Å²) in [6, 6.07) is 7.19. The Morgan fingerprint density at radius 2 is 2.12 bits per heavy atom. The maximum absolute atomic E-state index is 12.4. The Bertz CT molecular complexity index is 890. The van der Waals surface area contributed by atoms with Crippen molar-refractivity contribution in [3.63, 3.8) is 0 Å². The highest BCUT2D eigenvalue weighted by Gasteiger charge is 2.22. The van der Waals surface area contributed by atoms with Crippen molar-refractivity contribution in [2.75, 3.05) is 11.9 Å². The smallest absolute Gasteiger partial charge is 0.256 e. The Hall–Kier alpha value is -2.83. The van der Waals surface area contributed by atoms with Gasteiger partial charge in [0.05, 0.1) is 17.7 Å². The summed E-state index contributed by atoms with van der Waals surface area (Å²) < 4.78 is 7.37. The monoisotopic (exact) mass is 325 g/mol. The van der Waals surface area contributed by atoms with Crippen molar-refractivity contribution in [1.29, 1.82) is 0 Å². The van der Waals surface area contributed by atoms with Gasteiger partial charge in [0.1, 0.15) is 11.6 Å². The van der Waals surface area contributed by atoms with Crippen molar-refractivity contribution in [1.82, 2.24) is 20.0 Å². The molecular formula is C17H19N5O2. The van der Waals surface area contributed by atoms with E-state index in [1.165, 1.54) is 12.8 Å². The number of aromatic amines is 1. The Balaban J connectivity index is 1.48. The molecule has 7 heteroatoms. The molecule has 0 radical (unpaired) electrons. The van der Waals surface area contributed by atoms with Crippen LogP contribution in [0.15, 0.2) is 24.3 Å². The van der Waals surface area contributed by atoms with E-state index in [-0.39, 0.29) is 5.91 Å². The lowest BCUT2D eigenvalue weighted by molar-refractivity contribution is 0.102. The number of aryl methyl sites for hydroxylation is 2. The van der Waals surface area contributed by atoms with Crippen molar-refractivity contribution in [3.8, 4) is 5.75 Å². The lowest BCUT2D eigenvalue weighted by Crippen LogP contribution is -2.12. The minimum absolute atomic E-state index is 0.197. The Kier molecular flexibility index (Phi) is 3.48. The van der Waals surface area contributed by atoms with Gasteiger partial charge in [-0.1, -0.05) is 0 Å². The SMILES string of the molecule is Cc1nn(C)c2n[nH]c(NC(=O)c3ccc(OCC4CC4)cc3)c12. The average Bonchev–Trinajstić information content (AvgIpc) is 3.24. The number of H-pyrrole nitrogens is 1. The topological polar surface area (TPSA) is 84.8 Å². The molecule has 0 aliphatic heterocycles. The molecule has 7 nitrogen and oxygen atoms in total. The number of anilines is 1. The van der Waals surface area contributed by atoms with Gasteiger partial charge in [0.2, 0.25) is 0 Å². The van der Waals surface area contributed by atoms with Crippen LogP contribution in [-0.4, -0.2) is 32.5 Å². The maximum Gasteiger partial charge on any atom is 0.256 e. The van der Waals surface area contributed by atoms with E-state index in [1.807, 2.05) is 26.1 Å². The van der Waals surface area contributed by atoms with Gasteiger partial charge in [0, 0.05) is 12.6 Å². The van der Waals surface area contributed by atoms with E-state index in [1.54, 1.807) is 16.8 Å². The number of ether oxygens (including phenoxy) is 1. The number of carbonyl (C=O) groups is 1. The minimum atomic E-state index is -0.197. The lowest BCUT2D eigenvalue weighted by atomic mass is 10.2. The molecule has 24 heavy (non-hydrogen) atoms. The molecule has 0 spiro atoms. The zero-order valence-corrected chi connectivity index (χ0v) is 13.7. The summed E-state index contributed by atoms with van der Waals surface area (Å²) >= 11 is 0. The van der Waals surface area contributed by atoms with E-state index < -0.39 is 0 Å². The van der Waals surface area contributed by atoms with E-state index >= 15 is 0 Å². The number of fused-ring (bicyclic) bond motifs is 1. The van der Waals surface area contributed by atoms with Crippen LogP contribution in [-0.2, 0) is 7.05 Å². The fraction of sp³-hybridized carbons (Fsp3) is 0.353. The second kappa shape index (κ2) is 5.67. The van der Waals surface area contributed by atoms with Crippen LogP contribution in [0.3, 0.4) is 0 Å². The first-order chi connectivity index (χ1) is 11.6. The van der Waals surface area contributed by atoms with Crippen molar-refractivity contribution < 1.29 is 9.53 Å². The summed E-state index contributed by atoms with van der Waals surface area (Å²) in [5.74, 6) is 1.87. The number of hydrogen-bond acceptors (Lipinski definition) is 4. The lowest BCUT2D eigenvalue weighted by Gasteiger charge is -2.07. The van der Waals surface area contributed by atoms with E-state index in [4.69, 9.17) is 4.74 Å². The van der Waals surface area contributed by atoms with E-state index in [0.29, 0.717) is 22.9 Å². The van der Waals surface area contributed by atoms with Crippen LogP contribution in [0.25, 0.3) is 11.0 Å². The van der Waals surface area contributed by atoms with Crippen LogP contribution in [0.4, 0.5) is 5.82 Å². The van der Waals surface area contributed by atoms with Gasteiger partial charge in [-0.25, -0.2) is 4.68 Å². The number of carbonyl (C=O) groups excluding carboxylic acids is 1. The van der Waals surface area contributed by atoms with Crippen molar-refractivity contribution in [2.45, 2.75) is 19.8 Å². The molecule has 0 unspecified atom stereocenters. The number of amides is 1. The summed E-state index contributed by atoms with van der Waals surface area (Å²) in [5, 5.41) is 15.0. The number of hydrogen-bond donors (Lipinski definition) is 2. The van der Waals surface area contributed by atoms with E-state index in [2.05, 4.69) is 20.6 Å². The van der Waals surface area contributed by atoms with Crippen LogP contribution < -0.4 is 10.1 Å². The Morgan fingerprint density at radius 1 is 1.38 bits per heavy atom. The molecule has 0 bridgehead atoms. The summed E-state index contributed by atoms with van der Waals surface area (Å²) in [6.07, 6.45) is 2.51.